The molecule has 19 heavy (non-hydrogen) atoms. The maximum atomic E-state index is 12.0. The number of rotatable bonds is 4. The molecule has 0 aliphatic heterocycles. The van der Waals surface area contributed by atoms with Crippen LogP contribution < -0.4 is 11.1 Å². The summed E-state index contributed by atoms with van der Waals surface area (Å²) in [7, 11) is 0. The number of aromatic nitrogens is 1. The molecule has 1 atom stereocenters. The molecule has 1 heterocycles. The first kappa shape index (κ1) is 13.9. The summed E-state index contributed by atoms with van der Waals surface area (Å²) in [6, 6.07) is 7.53. The first-order chi connectivity index (χ1) is 9.06. The van der Waals surface area contributed by atoms with E-state index < -0.39 is 0 Å². The maximum Gasteiger partial charge on any atom is 0.239 e. The van der Waals surface area contributed by atoms with Gasteiger partial charge in [-0.3, -0.25) is 4.79 Å². The van der Waals surface area contributed by atoms with Crippen LogP contribution in [0.2, 0.25) is 0 Å². The molecular weight excluding hydrogens is 278 g/mol. The van der Waals surface area contributed by atoms with Crippen LogP contribution in [0.25, 0.3) is 0 Å². The summed E-state index contributed by atoms with van der Waals surface area (Å²) in [4.78, 5) is 17.2. The van der Waals surface area contributed by atoms with E-state index in [0.29, 0.717) is 10.8 Å². The average molecular weight is 293 g/mol. The Hall–Kier alpha value is -1.53. The normalized spacial score (nSPS) is 12.1. The zero-order chi connectivity index (χ0) is 13.8. The number of hydrogen-bond donors (Lipinski definition) is 2. The highest BCUT2D eigenvalue weighted by Gasteiger charge is 2.16. The van der Waals surface area contributed by atoms with Crippen molar-refractivity contribution in [2.45, 2.75) is 24.0 Å². The van der Waals surface area contributed by atoms with Crippen LogP contribution in [0, 0.1) is 6.92 Å². The molecule has 4 nitrogen and oxygen atoms in total. The van der Waals surface area contributed by atoms with Crippen molar-refractivity contribution in [2.75, 3.05) is 11.1 Å². The molecule has 0 spiro atoms. The molecule has 3 N–H and O–H groups in total. The lowest BCUT2D eigenvalue weighted by molar-refractivity contribution is -0.115. The first-order valence-corrected chi connectivity index (χ1v) is 7.56. The summed E-state index contributed by atoms with van der Waals surface area (Å²) in [5.41, 5.74) is 7.46. The van der Waals surface area contributed by atoms with E-state index in [4.69, 9.17) is 5.73 Å². The van der Waals surface area contributed by atoms with Crippen LogP contribution in [0.15, 0.2) is 34.5 Å². The van der Waals surface area contributed by atoms with Gasteiger partial charge >= 0.3 is 0 Å². The minimum absolute atomic E-state index is 0.0670. The summed E-state index contributed by atoms with van der Waals surface area (Å²) in [6.07, 6.45) is 0. The minimum Gasteiger partial charge on any atom is -0.398 e. The number of nitrogens with zero attached hydrogens (tertiary/aromatic N) is 1. The van der Waals surface area contributed by atoms with Crippen LogP contribution in [0.3, 0.4) is 0 Å². The third kappa shape index (κ3) is 3.71. The Morgan fingerprint density at radius 2 is 2.21 bits per heavy atom. The van der Waals surface area contributed by atoms with Crippen molar-refractivity contribution in [1.29, 1.82) is 0 Å². The van der Waals surface area contributed by atoms with Crippen LogP contribution in [0.1, 0.15) is 12.6 Å². The Kier molecular flexibility index (Phi) is 4.44. The van der Waals surface area contributed by atoms with E-state index >= 15 is 0 Å². The van der Waals surface area contributed by atoms with Gasteiger partial charge in [-0.15, -0.1) is 23.1 Å². The van der Waals surface area contributed by atoms with E-state index in [2.05, 4.69) is 10.3 Å². The number of carbonyl (C=O) groups is 1. The van der Waals surface area contributed by atoms with Gasteiger partial charge in [-0.05, 0) is 26.0 Å². The number of thioether (sulfide) groups is 1. The standard InChI is InChI=1S/C13H15N3OS2/c1-8-7-18-13(15-8)16-12(17)9(2)19-11-6-4-3-5-10(11)14/h3-7,9H,14H2,1-2H3,(H,15,16,17). The summed E-state index contributed by atoms with van der Waals surface area (Å²) in [6.45, 7) is 3.75. The second-order valence-electron chi connectivity index (χ2n) is 4.08. The average Bonchev–Trinajstić information content (AvgIpc) is 2.77. The van der Waals surface area contributed by atoms with Gasteiger partial charge in [0.05, 0.1) is 10.9 Å². The molecule has 1 aromatic heterocycles. The van der Waals surface area contributed by atoms with Crippen molar-refractivity contribution in [3.8, 4) is 0 Å². The molecule has 1 amide bonds. The van der Waals surface area contributed by atoms with Crippen molar-refractivity contribution in [3.63, 3.8) is 0 Å². The Morgan fingerprint density at radius 3 is 2.84 bits per heavy atom. The van der Waals surface area contributed by atoms with Crippen LogP contribution in [-0.2, 0) is 4.79 Å². The molecule has 2 aromatic rings. The summed E-state index contributed by atoms with van der Waals surface area (Å²) < 4.78 is 0. The Morgan fingerprint density at radius 1 is 1.47 bits per heavy atom. The molecule has 0 radical (unpaired) electrons. The molecule has 0 aliphatic carbocycles. The second kappa shape index (κ2) is 6.08. The number of amides is 1. The molecule has 0 aliphatic rings. The highest BCUT2D eigenvalue weighted by atomic mass is 32.2. The molecule has 1 aromatic carbocycles. The number of aryl methyl sites for hydroxylation is 1. The molecular formula is C13H15N3OS2. The Bertz CT molecular complexity index is 583. The number of hydrogen-bond acceptors (Lipinski definition) is 5. The van der Waals surface area contributed by atoms with E-state index in [1.165, 1.54) is 23.1 Å². The quantitative estimate of drug-likeness (QED) is 0.671. The van der Waals surface area contributed by atoms with Gasteiger partial charge in [0.1, 0.15) is 0 Å². The zero-order valence-electron chi connectivity index (χ0n) is 10.7. The first-order valence-electron chi connectivity index (χ1n) is 5.80. The van der Waals surface area contributed by atoms with Crippen molar-refractivity contribution >= 4 is 39.8 Å². The van der Waals surface area contributed by atoms with Crippen LogP contribution in [0.4, 0.5) is 10.8 Å². The molecule has 0 saturated carbocycles. The van der Waals surface area contributed by atoms with E-state index in [1.54, 1.807) is 0 Å². The number of benzene rings is 1. The molecule has 1 unspecified atom stereocenters. The fourth-order valence-electron chi connectivity index (χ4n) is 1.45. The lowest BCUT2D eigenvalue weighted by atomic mass is 10.3. The monoisotopic (exact) mass is 293 g/mol. The highest BCUT2D eigenvalue weighted by molar-refractivity contribution is 8.00. The zero-order valence-corrected chi connectivity index (χ0v) is 12.3. The van der Waals surface area contributed by atoms with Crippen LogP contribution in [-0.4, -0.2) is 16.1 Å². The topological polar surface area (TPSA) is 68.0 Å². The lowest BCUT2D eigenvalue weighted by Crippen LogP contribution is -2.22. The van der Waals surface area contributed by atoms with Crippen molar-refractivity contribution in [1.82, 2.24) is 4.98 Å². The Labute approximate surface area is 120 Å². The summed E-state index contributed by atoms with van der Waals surface area (Å²) >= 11 is 2.87. The number of nitrogens with two attached hydrogens (primary N) is 1. The SMILES string of the molecule is Cc1csc(NC(=O)C(C)Sc2ccccc2N)n1. The Balaban J connectivity index is 1.98. The van der Waals surface area contributed by atoms with E-state index in [0.717, 1.165) is 10.6 Å². The van der Waals surface area contributed by atoms with Gasteiger partial charge < -0.3 is 11.1 Å². The lowest BCUT2D eigenvalue weighted by Gasteiger charge is -2.11. The smallest absolute Gasteiger partial charge is 0.239 e. The molecule has 2 rings (SSSR count). The van der Waals surface area contributed by atoms with Crippen LogP contribution in [0.5, 0.6) is 0 Å². The van der Waals surface area contributed by atoms with E-state index in [-0.39, 0.29) is 11.2 Å². The fourth-order valence-corrected chi connectivity index (χ4v) is 3.05. The number of thiazole rings is 1. The van der Waals surface area contributed by atoms with Crippen molar-refractivity contribution in [2.24, 2.45) is 0 Å². The minimum atomic E-state index is -0.228. The van der Waals surface area contributed by atoms with Crippen molar-refractivity contribution in [3.05, 3.63) is 35.3 Å². The fraction of sp³-hybridized carbons (Fsp3) is 0.231. The van der Waals surface area contributed by atoms with Gasteiger partial charge in [-0.1, -0.05) is 12.1 Å². The predicted octanol–water partition coefficient (Wildman–Crippen LogP) is 3.15. The van der Waals surface area contributed by atoms with E-state index in [9.17, 15) is 4.79 Å². The van der Waals surface area contributed by atoms with Gasteiger partial charge in [-0.2, -0.15) is 0 Å². The summed E-state index contributed by atoms with van der Waals surface area (Å²) in [5, 5.41) is 5.12. The highest BCUT2D eigenvalue weighted by Crippen LogP contribution is 2.29. The maximum absolute atomic E-state index is 12.0. The third-order valence-electron chi connectivity index (χ3n) is 2.44. The largest absolute Gasteiger partial charge is 0.398 e. The van der Waals surface area contributed by atoms with Gasteiger partial charge in [-0.25, -0.2) is 4.98 Å². The molecule has 6 heteroatoms. The van der Waals surface area contributed by atoms with Crippen LogP contribution >= 0.6 is 23.1 Å². The molecule has 0 bridgehead atoms. The number of para-hydroxylation sites is 1. The van der Waals surface area contributed by atoms with Gasteiger partial charge in [0.15, 0.2) is 5.13 Å². The number of carbonyl (C=O) groups excluding carboxylic acids is 1. The number of nitrogens with one attached hydrogen (secondary N) is 1. The number of nitrogen functional groups attached to an aromatic ring is 1. The predicted molar refractivity (Wildman–Crippen MR) is 81.7 cm³/mol. The summed E-state index contributed by atoms with van der Waals surface area (Å²) in [5.74, 6) is -0.0670. The molecule has 100 valence electrons. The van der Waals surface area contributed by atoms with Gasteiger partial charge in [0.25, 0.3) is 0 Å². The second-order valence-corrected chi connectivity index (χ2v) is 6.32. The third-order valence-corrected chi connectivity index (χ3v) is 4.51. The van der Waals surface area contributed by atoms with Gasteiger partial charge in [0, 0.05) is 16.0 Å². The van der Waals surface area contributed by atoms with Crippen molar-refractivity contribution < 1.29 is 4.79 Å². The molecule has 0 fully saturated rings. The number of anilines is 2. The van der Waals surface area contributed by atoms with Gasteiger partial charge in [0.2, 0.25) is 5.91 Å². The van der Waals surface area contributed by atoms with E-state index in [1.807, 2.05) is 43.5 Å². The molecule has 0 saturated heterocycles.